The standard InChI is InChI=1S/C8H12N2O3S/c1-2-5(8(9)14)10-6(11)3-13-4-7(10)12/h5H,2-4H2,1H3,(H2,9,14). The number of nitrogens with zero attached hydrogens (tertiary/aromatic N) is 1. The Kier molecular flexibility index (Phi) is 3.54. The van der Waals surface area contributed by atoms with Gasteiger partial charge in [0.2, 0.25) is 0 Å². The molecule has 1 atom stereocenters. The molecule has 1 rings (SSSR count). The number of morpholine rings is 1. The van der Waals surface area contributed by atoms with Gasteiger partial charge in [-0.1, -0.05) is 19.1 Å². The number of imide groups is 1. The Morgan fingerprint density at radius 1 is 1.57 bits per heavy atom. The molecule has 1 saturated heterocycles. The van der Waals surface area contributed by atoms with Gasteiger partial charge in [-0.2, -0.15) is 0 Å². The van der Waals surface area contributed by atoms with Gasteiger partial charge in [0.1, 0.15) is 13.2 Å². The monoisotopic (exact) mass is 216 g/mol. The molecule has 5 nitrogen and oxygen atoms in total. The highest BCUT2D eigenvalue weighted by atomic mass is 32.1. The van der Waals surface area contributed by atoms with Crippen LogP contribution in [0.4, 0.5) is 0 Å². The Balaban J connectivity index is 2.85. The fourth-order valence-electron chi connectivity index (χ4n) is 1.36. The first-order valence-electron chi connectivity index (χ1n) is 4.29. The van der Waals surface area contributed by atoms with Crippen molar-refractivity contribution in [3.05, 3.63) is 0 Å². The summed E-state index contributed by atoms with van der Waals surface area (Å²) in [5.41, 5.74) is 5.45. The highest BCUT2D eigenvalue weighted by Gasteiger charge is 2.33. The Morgan fingerprint density at radius 3 is 2.43 bits per heavy atom. The average Bonchev–Trinajstić information content (AvgIpc) is 2.10. The largest absolute Gasteiger partial charge is 0.392 e. The molecule has 0 aromatic carbocycles. The minimum absolute atomic E-state index is 0.0785. The number of amides is 2. The van der Waals surface area contributed by atoms with Crippen molar-refractivity contribution in [2.24, 2.45) is 5.73 Å². The number of ether oxygens (including phenoxy) is 1. The molecule has 0 radical (unpaired) electrons. The minimum atomic E-state index is -0.478. The van der Waals surface area contributed by atoms with Crippen LogP contribution in [0.2, 0.25) is 0 Å². The van der Waals surface area contributed by atoms with Crippen molar-refractivity contribution in [2.45, 2.75) is 19.4 Å². The smallest absolute Gasteiger partial charge is 0.255 e. The number of hydrogen-bond acceptors (Lipinski definition) is 4. The quantitative estimate of drug-likeness (QED) is 0.505. The van der Waals surface area contributed by atoms with Gasteiger partial charge in [-0.05, 0) is 6.42 Å². The Hall–Kier alpha value is -1.01. The van der Waals surface area contributed by atoms with Crippen LogP contribution in [0.1, 0.15) is 13.3 Å². The van der Waals surface area contributed by atoms with Gasteiger partial charge in [0, 0.05) is 0 Å². The molecule has 1 heterocycles. The van der Waals surface area contributed by atoms with Gasteiger partial charge < -0.3 is 10.5 Å². The molecule has 1 fully saturated rings. The second kappa shape index (κ2) is 4.47. The van der Waals surface area contributed by atoms with Crippen molar-refractivity contribution < 1.29 is 14.3 Å². The molecule has 0 aromatic rings. The zero-order valence-corrected chi connectivity index (χ0v) is 8.67. The van der Waals surface area contributed by atoms with Crippen molar-refractivity contribution in [2.75, 3.05) is 13.2 Å². The number of rotatable bonds is 3. The van der Waals surface area contributed by atoms with Crippen LogP contribution in [0.3, 0.4) is 0 Å². The fourth-order valence-corrected chi connectivity index (χ4v) is 1.63. The lowest BCUT2D eigenvalue weighted by atomic mass is 10.1. The summed E-state index contributed by atoms with van der Waals surface area (Å²) in [5.74, 6) is -0.748. The molecule has 78 valence electrons. The van der Waals surface area contributed by atoms with Gasteiger partial charge in [-0.3, -0.25) is 14.5 Å². The summed E-state index contributed by atoms with van der Waals surface area (Å²) >= 11 is 4.79. The van der Waals surface area contributed by atoms with Crippen LogP contribution in [0.25, 0.3) is 0 Å². The van der Waals surface area contributed by atoms with Crippen LogP contribution in [-0.4, -0.2) is 41.0 Å². The molecule has 14 heavy (non-hydrogen) atoms. The normalized spacial score (nSPS) is 19.6. The van der Waals surface area contributed by atoms with Crippen molar-refractivity contribution >= 4 is 29.0 Å². The van der Waals surface area contributed by atoms with Crippen LogP contribution < -0.4 is 5.73 Å². The third kappa shape index (κ3) is 2.08. The van der Waals surface area contributed by atoms with Gasteiger partial charge in [-0.15, -0.1) is 0 Å². The van der Waals surface area contributed by atoms with Gasteiger partial charge in [0.05, 0.1) is 11.0 Å². The van der Waals surface area contributed by atoms with E-state index in [2.05, 4.69) is 0 Å². The zero-order valence-electron chi connectivity index (χ0n) is 7.86. The van der Waals surface area contributed by atoms with Gasteiger partial charge in [0.25, 0.3) is 11.8 Å². The molecule has 1 unspecified atom stereocenters. The Bertz CT molecular complexity index is 264. The summed E-state index contributed by atoms with van der Waals surface area (Å²) in [4.78, 5) is 24.0. The molecule has 1 aliphatic heterocycles. The summed E-state index contributed by atoms with van der Waals surface area (Å²) in [6.07, 6.45) is 0.535. The molecule has 1 aliphatic rings. The number of carbonyl (C=O) groups is 2. The molecule has 0 aliphatic carbocycles. The Labute approximate surface area is 87.2 Å². The average molecular weight is 216 g/mol. The predicted molar refractivity (Wildman–Crippen MR) is 53.5 cm³/mol. The molecule has 2 N–H and O–H groups in total. The van der Waals surface area contributed by atoms with E-state index in [0.717, 1.165) is 4.90 Å². The van der Waals surface area contributed by atoms with Gasteiger partial charge in [0.15, 0.2) is 0 Å². The summed E-state index contributed by atoms with van der Waals surface area (Å²) in [6.45, 7) is 1.66. The third-order valence-electron chi connectivity index (χ3n) is 2.02. The van der Waals surface area contributed by atoms with Crippen LogP contribution in [0.5, 0.6) is 0 Å². The highest BCUT2D eigenvalue weighted by Crippen LogP contribution is 2.10. The number of thiocarbonyl (C=S) groups is 1. The first kappa shape index (κ1) is 11.1. The molecule has 0 bridgehead atoms. The van der Waals surface area contributed by atoms with E-state index in [-0.39, 0.29) is 30.0 Å². The molecular weight excluding hydrogens is 204 g/mol. The molecular formula is C8H12N2O3S. The lowest BCUT2D eigenvalue weighted by Gasteiger charge is -2.31. The van der Waals surface area contributed by atoms with E-state index >= 15 is 0 Å². The van der Waals surface area contributed by atoms with E-state index in [0.29, 0.717) is 6.42 Å². The number of carbonyl (C=O) groups excluding carboxylic acids is 2. The minimum Gasteiger partial charge on any atom is -0.392 e. The summed E-state index contributed by atoms with van der Waals surface area (Å²) in [7, 11) is 0. The maximum Gasteiger partial charge on any atom is 0.255 e. The first-order valence-corrected chi connectivity index (χ1v) is 4.70. The molecule has 2 amide bonds. The van der Waals surface area contributed by atoms with Crippen LogP contribution in [0.15, 0.2) is 0 Å². The molecule has 0 saturated carbocycles. The number of hydrogen-bond donors (Lipinski definition) is 1. The highest BCUT2D eigenvalue weighted by molar-refractivity contribution is 7.80. The van der Waals surface area contributed by atoms with Gasteiger partial charge in [-0.25, -0.2) is 0 Å². The summed E-state index contributed by atoms with van der Waals surface area (Å²) in [6, 6.07) is -0.478. The van der Waals surface area contributed by atoms with Crippen molar-refractivity contribution in [1.82, 2.24) is 4.90 Å². The maximum absolute atomic E-state index is 11.4. The lowest BCUT2D eigenvalue weighted by molar-refractivity contribution is -0.159. The van der Waals surface area contributed by atoms with Gasteiger partial charge >= 0.3 is 0 Å². The van der Waals surface area contributed by atoms with Crippen LogP contribution in [-0.2, 0) is 14.3 Å². The van der Waals surface area contributed by atoms with Crippen molar-refractivity contribution in [3.63, 3.8) is 0 Å². The summed E-state index contributed by atoms with van der Waals surface area (Å²) in [5, 5.41) is 0. The van der Waals surface area contributed by atoms with E-state index in [1.165, 1.54) is 0 Å². The topological polar surface area (TPSA) is 72.6 Å². The van der Waals surface area contributed by atoms with E-state index in [9.17, 15) is 9.59 Å². The van der Waals surface area contributed by atoms with E-state index in [1.807, 2.05) is 6.92 Å². The van der Waals surface area contributed by atoms with E-state index in [4.69, 9.17) is 22.7 Å². The second-order valence-electron chi connectivity index (χ2n) is 2.98. The Morgan fingerprint density at radius 2 is 2.07 bits per heavy atom. The zero-order chi connectivity index (χ0) is 10.7. The van der Waals surface area contributed by atoms with Crippen molar-refractivity contribution in [3.8, 4) is 0 Å². The van der Waals surface area contributed by atoms with Crippen LogP contribution >= 0.6 is 12.2 Å². The third-order valence-corrected chi connectivity index (χ3v) is 2.29. The molecule has 0 aromatic heterocycles. The first-order chi connectivity index (χ1) is 6.57. The lowest BCUT2D eigenvalue weighted by Crippen LogP contribution is -2.55. The van der Waals surface area contributed by atoms with Crippen LogP contribution in [0, 0.1) is 0 Å². The van der Waals surface area contributed by atoms with E-state index < -0.39 is 6.04 Å². The molecule has 0 spiro atoms. The fraction of sp³-hybridized carbons (Fsp3) is 0.625. The van der Waals surface area contributed by atoms with E-state index in [1.54, 1.807) is 0 Å². The van der Waals surface area contributed by atoms with Crippen molar-refractivity contribution in [1.29, 1.82) is 0 Å². The summed E-state index contributed by atoms with van der Waals surface area (Å²) < 4.78 is 4.77. The predicted octanol–water partition coefficient (Wildman–Crippen LogP) is -0.564. The SMILES string of the molecule is CCC(C(N)=S)N1C(=O)COCC1=O. The number of nitrogens with two attached hydrogens (primary N) is 1. The molecule has 6 heteroatoms. The second-order valence-corrected chi connectivity index (χ2v) is 3.45. The maximum atomic E-state index is 11.4.